The highest BCUT2D eigenvalue weighted by Crippen LogP contribution is 2.24. The zero-order valence-electron chi connectivity index (χ0n) is 12.4. The van der Waals surface area contributed by atoms with Gasteiger partial charge in [0.2, 0.25) is 5.91 Å². The molecule has 22 heavy (non-hydrogen) atoms. The fourth-order valence-corrected chi connectivity index (χ4v) is 2.35. The lowest BCUT2D eigenvalue weighted by Gasteiger charge is -2.17. The Morgan fingerprint density at radius 3 is 2.50 bits per heavy atom. The molecule has 0 saturated carbocycles. The number of halogens is 2. The van der Waals surface area contributed by atoms with Crippen LogP contribution in [0.1, 0.15) is 12.0 Å². The summed E-state index contributed by atoms with van der Waals surface area (Å²) < 4.78 is 0. The zero-order chi connectivity index (χ0) is 15.9. The highest BCUT2D eigenvalue weighted by molar-refractivity contribution is 6.42. The van der Waals surface area contributed by atoms with Crippen molar-refractivity contribution in [3.05, 3.63) is 64.1 Å². The van der Waals surface area contributed by atoms with Gasteiger partial charge < -0.3 is 10.2 Å². The van der Waals surface area contributed by atoms with Crippen LogP contribution in [0.3, 0.4) is 0 Å². The van der Waals surface area contributed by atoms with E-state index in [9.17, 15) is 4.79 Å². The zero-order valence-corrected chi connectivity index (χ0v) is 13.9. The molecule has 0 unspecified atom stereocenters. The average Bonchev–Trinajstić information content (AvgIpc) is 2.51. The second-order valence-electron chi connectivity index (χ2n) is 5.04. The maximum Gasteiger partial charge on any atom is 0.224 e. The molecule has 2 aromatic carbocycles. The molecule has 0 saturated heterocycles. The molecule has 0 aromatic heterocycles. The minimum atomic E-state index is 0.0939. The Morgan fingerprint density at radius 2 is 1.82 bits per heavy atom. The molecule has 0 aliphatic carbocycles. The Kier molecular flexibility index (Phi) is 6.10. The molecule has 0 aliphatic rings. The molecule has 0 heterocycles. The van der Waals surface area contributed by atoms with E-state index in [-0.39, 0.29) is 5.91 Å². The summed E-state index contributed by atoms with van der Waals surface area (Å²) in [5.74, 6) is 0.0939. The van der Waals surface area contributed by atoms with Crippen LogP contribution < -0.4 is 5.32 Å². The van der Waals surface area contributed by atoms with Gasteiger partial charge in [-0.1, -0.05) is 53.5 Å². The van der Waals surface area contributed by atoms with Crippen molar-refractivity contribution in [3.63, 3.8) is 0 Å². The van der Waals surface area contributed by atoms with Gasteiger partial charge in [-0.05, 0) is 23.8 Å². The quantitative estimate of drug-likeness (QED) is 0.844. The van der Waals surface area contributed by atoms with Gasteiger partial charge in [0.05, 0.1) is 10.0 Å². The minimum Gasteiger partial charge on any atom is -0.384 e. The van der Waals surface area contributed by atoms with E-state index in [1.54, 1.807) is 17.0 Å². The fraction of sp³-hybridized carbons (Fsp3) is 0.235. The van der Waals surface area contributed by atoms with Crippen molar-refractivity contribution in [2.45, 2.75) is 13.0 Å². The van der Waals surface area contributed by atoms with Gasteiger partial charge in [0.15, 0.2) is 0 Å². The second kappa shape index (κ2) is 8.06. The van der Waals surface area contributed by atoms with Crippen molar-refractivity contribution in [2.75, 3.05) is 18.9 Å². The monoisotopic (exact) mass is 336 g/mol. The predicted octanol–water partition coefficient (Wildman–Crippen LogP) is 4.45. The van der Waals surface area contributed by atoms with Gasteiger partial charge in [0.25, 0.3) is 0 Å². The van der Waals surface area contributed by atoms with Crippen LogP contribution in [0.4, 0.5) is 5.69 Å². The molecule has 0 fully saturated rings. The fourth-order valence-electron chi connectivity index (χ4n) is 2.06. The van der Waals surface area contributed by atoms with Gasteiger partial charge in [-0.3, -0.25) is 4.79 Å². The lowest BCUT2D eigenvalue weighted by atomic mass is 10.2. The summed E-state index contributed by atoms with van der Waals surface area (Å²) in [5.41, 5.74) is 1.98. The summed E-state index contributed by atoms with van der Waals surface area (Å²) in [5, 5.41) is 4.19. The number of carbonyl (C=O) groups is 1. The Morgan fingerprint density at radius 1 is 1.09 bits per heavy atom. The van der Waals surface area contributed by atoms with Crippen LogP contribution in [-0.2, 0) is 11.3 Å². The summed E-state index contributed by atoms with van der Waals surface area (Å²) in [6.45, 7) is 1.17. The Hall–Kier alpha value is -1.71. The van der Waals surface area contributed by atoms with Gasteiger partial charge >= 0.3 is 0 Å². The van der Waals surface area contributed by atoms with Gasteiger partial charge in [-0.2, -0.15) is 0 Å². The van der Waals surface area contributed by atoms with Crippen LogP contribution in [0.15, 0.2) is 48.5 Å². The highest BCUT2D eigenvalue weighted by Gasteiger charge is 2.09. The standard InChI is InChI=1S/C17H18Cl2N2O/c1-21(12-13-5-3-2-4-6-13)17(22)9-10-20-14-7-8-15(18)16(19)11-14/h2-8,11,20H,9-10,12H2,1H3. The first-order chi connectivity index (χ1) is 10.6. The van der Waals surface area contributed by atoms with Crippen molar-refractivity contribution in [1.82, 2.24) is 4.90 Å². The maximum atomic E-state index is 12.1. The molecule has 1 N–H and O–H groups in total. The molecule has 3 nitrogen and oxygen atoms in total. The van der Waals surface area contributed by atoms with E-state index < -0.39 is 0 Å². The first-order valence-electron chi connectivity index (χ1n) is 7.03. The number of benzene rings is 2. The largest absolute Gasteiger partial charge is 0.384 e. The number of carbonyl (C=O) groups excluding carboxylic acids is 1. The predicted molar refractivity (Wildman–Crippen MR) is 92.5 cm³/mol. The van der Waals surface area contributed by atoms with Crippen LogP contribution >= 0.6 is 23.2 Å². The van der Waals surface area contributed by atoms with Crippen molar-refractivity contribution >= 4 is 34.8 Å². The summed E-state index contributed by atoms with van der Waals surface area (Å²) in [6.07, 6.45) is 0.420. The molecule has 2 rings (SSSR count). The number of amides is 1. The molecule has 0 radical (unpaired) electrons. The molecule has 2 aromatic rings. The first-order valence-corrected chi connectivity index (χ1v) is 7.78. The van der Waals surface area contributed by atoms with E-state index in [0.717, 1.165) is 11.3 Å². The first kappa shape index (κ1) is 16.7. The van der Waals surface area contributed by atoms with Crippen molar-refractivity contribution in [3.8, 4) is 0 Å². The molecule has 1 amide bonds. The number of nitrogens with one attached hydrogen (secondary N) is 1. The number of hydrogen-bond acceptors (Lipinski definition) is 2. The maximum absolute atomic E-state index is 12.1. The topological polar surface area (TPSA) is 32.3 Å². The van der Waals surface area contributed by atoms with Crippen molar-refractivity contribution in [1.29, 1.82) is 0 Å². The van der Waals surface area contributed by atoms with Crippen LogP contribution in [0.5, 0.6) is 0 Å². The van der Waals surface area contributed by atoms with E-state index >= 15 is 0 Å². The van der Waals surface area contributed by atoms with E-state index in [1.807, 2.05) is 43.4 Å². The smallest absolute Gasteiger partial charge is 0.224 e. The van der Waals surface area contributed by atoms with Gasteiger partial charge in [0, 0.05) is 32.2 Å². The number of nitrogens with zero attached hydrogens (tertiary/aromatic N) is 1. The number of anilines is 1. The summed E-state index contributed by atoms with van der Waals surface area (Å²) in [4.78, 5) is 13.8. The molecule has 116 valence electrons. The van der Waals surface area contributed by atoms with Crippen LogP contribution in [0.2, 0.25) is 10.0 Å². The molecule has 0 spiro atoms. The summed E-state index contributed by atoms with van der Waals surface area (Å²) in [7, 11) is 1.81. The van der Waals surface area contributed by atoms with Gasteiger partial charge in [-0.25, -0.2) is 0 Å². The van der Waals surface area contributed by atoms with E-state index in [1.165, 1.54) is 0 Å². The molecule has 5 heteroatoms. The summed E-state index contributed by atoms with van der Waals surface area (Å²) in [6, 6.07) is 15.3. The Bertz CT molecular complexity index is 632. The van der Waals surface area contributed by atoms with Gasteiger partial charge in [0.1, 0.15) is 0 Å². The van der Waals surface area contributed by atoms with E-state index in [0.29, 0.717) is 29.6 Å². The van der Waals surface area contributed by atoms with E-state index in [4.69, 9.17) is 23.2 Å². The van der Waals surface area contributed by atoms with E-state index in [2.05, 4.69) is 5.32 Å². The second-order valence-corrected chi connectivity index (χ2v) is 5.86. The molecule has 0 aliphatic heterocycles. The Labute approximate surface area is 140 Å². The Balaban J connectivity index is 1.78. The minimum absolute atomic E-state index is 0.0939. The molecule has 0 atom stereocenters. The summed E-state index contributed by atoms with van der Waals surface area (Å²) >= 11 is 11.8. The number of hydrogen-bond donors (Lipinski definition) is 1. The third-order valence-electron chi connectivity index (χ3n) is 3.28. The average molecular weight is 337 g/mol. The molecular weight excluding hydrogens is 319 g/mol. The van der Waals surface area contributed by atoms with Crippen molar-refractivity contribution < 1.29 is 4.79 Å². The normalized spacial score (nSPS) is 10.3. The lowest BCUT2D eigenvalue weighted by Crippen LogP contribution is -2.27. The third-order valence-corrected chi connectivity index (χ3v) is 4.01. The third kappa shape index (κ3) is 4.93. The molecule has 0 bridgehead atoms. The number of rotatable bonds is 6. The lowest BCUT2D eigenvalue weighted by molar-refractivity contribution is -0.130. The van der Waals surface area contributed by atoms with Crippen LogP contribution in [0, 0.1) is 0 Å². The molecular formula is C17H18Cl2N2O. The van der Waals surface area contributed by atoms with Crippen LogP contribution in [-0.4, -0.2) is 24.4 Å². The highest BCUT2D eigenvalue weighted by atomic mass is 35.5. The van der Waals surface area contributed by atoms with Crippen molar-refractivity contribution in [2.24, 2.45) is 0 Å². The SMILES string of the molecule is CN(Cc1ccccc1)C(=O)CCNc1ccc(Cl)c(Cl)c1. The van der Waals surface area contributed by atoms with Crippen LogP contribution in [0.25, 0.3) is 0 Å². The van der Waals surface area contributed by atoms with Gasteiger partial charge in [-0.15, -0.1) is 0 Å².